The zero-order valence-corrected chi connectivity index (χ0v) is 10.5. The number of hydrogen-bond acceptors (Lipinski definition) is 3. The van der Waals surface area contributed by atoms with Crippen molar-refractivity contribution in [2.45, 2.75) is 25.3 Å². The standard InChI is InChI=1S/C11H14N2OS2/c12-10(15)5-6-13(8-3-4-8)11(14)9-2-1-7-16-9/h1-2,7-8H,3-6H2,(H2,12,15). The van der Waals surface area contributed by atoms with Crippen molar-refractivity contribution in [3.63, 3.8) is 0 Å². The van der Waals surface area contributed by atoms with Crippen LogP contribution in [-0.4, -0.2) is 28.4 Å². The molecule has 1 aliphatic rings. The van der Waals surface area contributed by atoms with Gasteiger partial charge in [0.05, 0.1) is 9.87 Å². The number of hydrogen-bond donors (Lipinski definition) is 1. The Bertz CT molecular complexity index is 385. The summed E-state index contributed by atoms with van der Waals surface area (Å²) >= 11 is 6.33. The van der Waals surface area contributed by atoms with Crippen LogP contribution in [0.1, 0.15) is 28.9 Å². The Morgan fingerprint density at radius 3 is 2.88 bits per heavy atom. The predicted molar refractivity (Wildman–Crippen MR) is 69.8 cm³/mol. The molecule has 0 radical (unpaired) electrons. The lowest BCUT2D eigenvalue weighted by molar-refractivity contribution is 0.0753. The van der Waals surface area contributed by atoms with E-state index in [4.69, 9.17) is 18.0 Å². The smallest absolute Gasteiger partial charge is 0.264 e. The van der Waals surface area contributed by atoms with Crippen LogP contribution < -0.4 is 5.73 Å². The number of nitrogens with zero attached hydrogens (tertiary/aromatic N) is 1. The van der Waals surface area contributed by atoms with Crippen LogP contribution >= 0.6 is 23.6 Å². The van der Waals surface area contributed by atoms with E-state index in [1.807, 2.05) is 22.4 Å². The first-order chi connectivity index (χ1) is 7.68. The molecule has 16 heavy (non-hydrogen) atoms. The number of thiocarbonyl (C=S) groups is 1. The van der Waals surface area contributed by atoms with Crippen LogP contribution in [0.3, 0.4) is 0 Å². The summed E-state index contributed by atoms with van der Waals surface area (Å²) in [6.07, 6.45) is 2.83. The van der Waals surface area contributed by atoms with E-state index in [2.05, 4.69) is 0 Å². The summed E-state index contributed by atoms with van der Waals surface area (Å²) in [6.45, 7) is 0.650. The highest BCUT2D eigenvalue weighted by molar-refractivity contribution is 7.80. The van der Waals surface area contributed by atoms with Crippen LogP contribution in [0, 0.1) is 0 Å². The van der Waals surface area contributed by atoms with E-state index in [9.17, 15) is 4.79 Å². The minimum absolute atomic E-state index is 0.119. The molecule has 3 nitrogen and oxygen atoms in total. The number of amides is 1. The number of carbonyl (C=O) groups excluding carboxylic acids is 1. The summed E-state index contributed by atoms with van der Waals surface area (Å²) in [4.78, 5) is 15.3. The molecule has 1 aliphatic carbocycles. The van der Waals surface area contributed by atoms with E-state index in [-0.39, 0.29) is 5.91 Å². The summed E-state index contributed by atoms with van der Waals surface area (Å²) in [5.74, 6) is 0.119. The van der Waals surface area contributed by atoms with Crippen LogP contribution in [0.5, 0.6) is 0 Å². The van der Waals surface area contributed by atoms with Crippen molar-refractivity contribution < 1.29 is 4.79 Å². The van der Waals surface area contributed by atoms with Gasteiger partial charge in [-0.3, -0.25) is 4.79 Å². The third kappa shape index (κ3) is 2.80. The molecule has 0 aromatic carbocycles. The molecule has 0 saturated heterocycles. The summed E-state index contributed by atoms with van der Waals surface area (Å²) in [5, 5.41) is 1.92. The van der Waals surface area contributed by atoms with Gasteiger partial charge in [-0.2, -0.15) is 0 Å². The SMILES string of the molecule is NC(=S)CCN(C(=O)c1cccs1)C1CC1. The maximum Gasteiger partial charge on any atom is 0.264 e. The van der Waals surface area contributed by atoms with E-state index in [1.165, 1.54) is 11.3 Å². The van der Waals surface area contributed by atoms with Gasteiger partial charge in [-0.25, -0.2) is 0 Å². The van der Waals surface area contributed by atoms with Gasteiger partial charge in [-0.1, -0.05) is 18.3 Å². The van der Waals surface area contributed by atoms with Crippen LogP contribution in [0.2, 0.25) is 0 Å². The lowest BCUT2D eigenvalue weighted by Crippen LogP contribution is -2.35. The Labute approximate surface area is 104 Å². The minimum atomic E-state index is 0.119. The number of rotatable bonds is 5. The van der Waals surface area contributed by atoms with Crippen molar-refractivity contribution >= 4 is 34.5 Å². The second kappa shape index (κ2) is 4.93. The zero-order chi connectivity index (χ0) is 11.5. The molecular formula is C11H14N2OS2. The highest BCUT2D eigenvalue weighted by Crippen LogP contribution is 2.29. The van der Waals surface area contributed by atoms with Gasteiger partial charge in [0, 0.05) is 19.0 Å². The second-order valence-corrected chi connectivity index (χ2v) is 5.40. The van der Waals surface area contributed by atoms with Crippen molar-refractivity contribution in [2.75, 3.05) is 6.54 Å². The van der Waals surface area contributed by atoms with E-state index in [1.54, 1.807) is 0 Å². The largest absolute Gasteiger partial charge is 0.393 e. The van der Waals surface area contributed by atoms with Crippen molar-refractivity contribution in [1.82, 2.24) is 4.90 Å². The van der Waals surface area contributed by atoms with Gasteiger partial charge in [0.2, 0.25) is 0 Å². The first-order valence-electron chi connectivity index (χ1n) is 5.31. The molecule has 2 N–H and O–H groups in total. The molecule has 0 unspecified atom stereocenters. The fraction of sp³-hybridized carbons (Fsp3) is 0.455. The Morgan fingerprint density at radius 1 is 1.62 bits per heavy atom. The lowest BCUT2D eigenvalue weighted by Gasteiger charge is -2.21. The van der Waals surface area contributed by atoms with Crippen LogP contribution in [-0.2, 0) is 0 Å². The zero-order valence-electron chi connectivity index (χ0n) is 8.89. The number of thiophene rings is 1. The molecule has 1 aromatic heterocycles. The Kier molecular flexibility index (Phi) is 3.56. The van der Waals surface area contributed by atoms with Gasteiger partial charge >= 0.3 is 0 Å². The molecule has 86 valence electrons. The highest BCUT2D eigenvalue weighted by atomic mass is 32.1. The molecule has 5 heteroatoms. The third-order valence-electron chi connectivity index (χ3n) is 2.58. The van der Waals surface area contributed by atoms with Crippen molar-refractivity contribution in [3.05, 3.63) is 22.4 Å². The van der Waals surface area contributed by atoms with Gasteiger partial charge in [-0.15, -0.1) is 11.3 Å². The third-order valence-corrected chi connectivity index (χ3v) is 3.64. The summed E-state index contributed by atoms with van der Waals surface area (Å²) < 4.78 is 0. The molecule has 2 rings (SSSR count). The van der Waals surface area contributed by atoms with E-state index in [0.29, 0.717) is 24.0 Å². The van der Waals surface area contributed by atoms with Crippen LogP contribution in [0.4, 0.5) is 0 Å². The fourth-order valence-electron chi connectivity index (χ4n) is 1.61. The van der Waals surface area contributed by atoms with Gasteiger partial charge in [0.25, 0.3) is 5.91 Å². The highest BCUT2D eigenvalue weighted by Gasteiger charge is 2.33. The minimum Gasteiger partial charge on any atom is -0.393 e. The maximum absolute atomic E-state index is 12.2. The first kappa shape index (κ1) is 11.5. The molecule has 0 bridgehead atoms. The topological polar surface area (TPSA) is 46.3 Å². The quantitative estimate of drug-likeness (QED) is 0.818. The van der Waals surface area contributed by atoms with Crippen molar-refractivity contribution in [1.29, 1.82) is 0 Å². The average Bonchev–Trinajstić information content (AvgIpc) is 2.93. The normalized spacial score (nSPS) is 14.8. The number of nitrogens with two attached hydrogens (primary N) is 1. The van der Waals surface area contributed by atoms with E-state index >= 15 is 0 Å². The average molecular weight is 254 g/mol. The summed E-state index contributed by atoms with van der Waals surface area (Å²) in [6, 6.07) is 4.17. The van der Waals surface area contributed by atoms with Gasteiger partial charge in [0.15, 0.2) is 0 Å². The molecule has 0 atom stereocenters. The second-order valence-electron chi connectivity index (χ2n) is 3.92. The molecule has 0 spiro atoms. The molecule has 1 aromatic rings. The van der Waals surface area contributed by atoms with E-state index in [0.717, 1.165) is 17.7 Å². The molecule has 1 fully saturated rings. The maximum atomic E-state index is 12.2. The Balaban J connectivity index is 2.01. The molecule has 1 saturated carbocycles. The fourth-order valence-corrected chi connectivity index (χ4v) is 2.38. The van der Waals surface area contributed by atoms with Crippen molar-refractivity contribution in [3.8, 4) is 0 Å². The van der Waals surface area contributed by atoms with Gasteiger partial charge in [0.1, 0.15) is 0 Å². The summed E-state index contributed by atoms with van der Waals surface area (Å²) in [7, 11) is 0. The van der Waals surface area contributed by atoms with Crippen molar-refractivity contribution in [2.24, 2.45) is 5.73 Å². The van der Waals surface area contributed by atoms with E-state index < -0.39 is 0 Å². The lowest BCUT2D eigenvalue weighted by atomic mass is 10.3. The molecule has 0 aliphatic heterocycles. The van der Waals surface area contributed by atoms with Crippen LogP contribution in [0.15, 0.2) is 17.5 Å². The first-order valence-corrected chi connectivity index (χ1v) is 6.60. The number of carbonyl (C=O) groups is 1. The van der Waals surface area contributed by atoms with Crippen LogP contribution in [0.25, 0.3) is 0 Å². The summed E-state index contributed by atoms with van der Waals surface area (Å²) in [5.41, 5.74) is 5.48. The van der Waals surface area contributed by atoms with Gasteiger partial charge < -0.3 is 10.6 Å². The Hall–Kier alpha value is -0.940. The van der Waals surface area contributed by atoms with Gasteiger partial charge in [-0.05, 0) is 24.3 Å². The monoisotopic (exact) mass is 254 g/mol. The molecule has 1 amide bonds. The molecular weight excluding hydrogens is 240 g/mol. The predicted octanol–water partition coefficient (Wildman–Crippen LogP) is 2.03. The Morgan fingerprint density at radius 2 is 2.38 bits per heavy atom. The molecule has 1 heterocycles.